The van der Waals surface area contributed by atoms with Gasteiger partial charge in [0.15, 0.2) is 5.11 Å². The van der Waals surface area contributed by atoms with Crippen molar-refractivity contribution >= 4 is 46.2 Å². The van der Waals surface area contributed by atoms with Crippen molar-refractivity contribution in [3.8, 4) is 0 Å². The third-order valence-corrected chi connectivity index (χ3v) is 4.53. The average Bonchev–Trinajstić information content (AvgIpc) is 2.43. The van der Waals surface area contributed by atoms with Gasteiger partial charge in [-0.1, -0.05) is 23.2 Å². The number of nitrogens with zero attached hydrogens (tertiary/aromatic N) is 1. The lowest BCUT2D eigenvalue weighted by atomic mass is 10.3. The molecule has 1 fully saturated rings. The summed E-state index contributed by atoms with van der Waals surface area (Å²) in [5.74, 6) is 0. The smallest absolute Gasteiger partial charge is 0.173 e. The first-order chi connectivity index (χ1) is 9.10. The number of likely N-dealkylation sites (N-methyl/N-ethyl adjacent to an activating group) is 1. The van der Waals surface area contributed by atoms with E-state index in [2.05, 4.69) is 17.1 Å². The highest BCUT2D eigenvalue weighted by Crippen LogP contribution is 2.25. The fourth-order valence-electron chi connectivity index (χ4n) is 2.16. The summed E-state index contributed by atoms with van der Waals surface area (Å²) in [4.78, 5) is 3.84. The number of quaternary nitrogens is 1. The van der Waals surface area contributed by atoms with Crippen molar-refractivity contribution in [1.82, 2.24) is 4.90 Å². The Morgan fingerprint density at radius 3 is 2.58 bits per heavy atom. The van der Waals surface area contributed by atoms with Crippen LogP contribution in [0.2, 0.25) is 10.0 Å². The number of hydrogen-bond acceptors (Lipinski definition) is 1. The highest BCUT2D eigenvalue weighted by Gasteiger charge is 2.20. The topological polar surface area (TPSA) is 19.7 Å². The molecule has 19 heavy (non-hydrogen) atoms. The molecule has 1 aromatic carbocycles. The van der Waals surface area contributed by atoms with E-state index in [0.29, 0.717) is 10.0 Å². The van der Waals surface area contributed by atoms with Crippen LogP contribution < -0.4 is 10.2 Å². The summed E-state index contributed by atoms with van der Waals surface area (Å²) < 4.78 is 0. The lowest BCUT2D eigenvalue weighted by molar-refractivity contribution is -0.902. The van der Waals surface area contributed by atoms with E-state index < -0.39 is 0 Å². The molecule has 0 atom stereocenters. The fourth-order valence-corrected chi connectivity index (χ4v) is 2.75. The van der Waals surface area contributed by atoms with Crippen LogP contribution in [0.25, 0.3) is 0 Å². The highest BCUT2D eigenvalue weighted by molar-refractivity contribution is 7.80. The van der Waals surface area contributed by atoms with E-state index in [4.69, 9.17) is 35.4 Å². The van der Waals surface area contributed by atoms with E-state index in [9.17, 15) is 0 Å². The van der Waals surface area contributed by atoms with E-state index >= 15 is 0 Å². The third kappa shape index (κ3) is 3.96. The largest absolute Gasteiger partial charge is 0.338 e. The summed E-state index contributed by atoms with van der Waals surface area (Å²) in [6, 6.07) is 5.45. The van der Waals surface area contributed by atoms with E-state index in [1.807, 2.05) is 6.07 Å². The first kappa shape index (κ1) is 14.9. The minimum Gasteiger partial charge on any atom is -0.338 e. The molecule has 0 bridgehead atoms. The molecule has 1 saturated heterocycles. The predicted molar refractivity (Wildman–Crippen MR) is 85.5 cm³/mol. The molecule has 0 radical (unpaired) electrons. The molecule has 2 N–H and O–H groups in total. The Bertz CT molecular complexity index is 459. The predicted octanol–water partition coefficient (Wildman–Crippen LogP) is 1.91. The summed E-state index contributed by atoms with van der Waals surface area (Å²) in [6.07, 6.45) is 0. The van der Waals surface area contributed by atoms with Crippen LogP contribution in [0.5, 0.6) is 0 Å². The number of benzene rings is 1. The molecule has 104 valence electrons. The molecule has 0 unspecified atom stereocenters. The van der Waals surface area contributed by atoms with Crippen LogP contribution in [-0.2, 0) is 0 Å². The zero-order chi connectivity index (χ0) is 13.8. The van der Waals surface area contributed by atoms with E-state index in [1.165, 1.54) is 6.54 Å². The van der Waals surface area contributed by atoms with Crippen molar-refractivity contribution in [3.05, 3.63) is 28.2 Å². The maximum absolute atomic E-state index is 5.99. The van der Waals surface area contributed by atoms with Gasteiger partial charge in [0, 0.05) is 5.69 Å². The highest BCUT2D eigenvalue weighted by atomic mass is 35.5. The second-order valence-electron chi connectivity index (χ2n) is 4.65. The Hall–Kier alpha value is -0.550. The first-order valence-electron chi connectivity index (χ1n) is 6.44. The van der Waals surface area contributed by atoms with Crippen LogP contribution in [0.1, 0.15) is 6.92 Å². The minimum atomic E-state index is 0.537. The molecule has 0 aliphatic carbocycles. The van der Waals surface area contributed by atoms with Crippen LogP contribution in [-0.4, -0.2) is 42.7 Å². The molecule has 3 nitrogen and oxygen atoms in total. The standard InChI is InChI=1S/C13H17Cl2N3S/c1-2-17-5-7-18(8-6-17)13(19)16-10-3-4-11(14)12(15)9-10/h3-4,9H,2,5-8H2,1H3,(H,16,19)/p+1. The monoisotopic (exact) mass is 318 g/mol. The minimum absolute atomic E-state index is 0.537. The Labute approximate surface area is 129 Å². The van der Waals surface area contributed by atoms with Gasteiger partial charge < -0.3 is 15.1 Å². The molecule has 6 heteroatoms. The molecule has 1 aliphatic heterocycles. The Morgan fingerprint density at radius 1 is 1.32 bits per heavy atom. The van der Waals surface area contributed by atoms with Gasteiger partial charge >= 0.3 is 0 Å². The third-order valence-electron chi connectivity index (χ3n) is 3.43. The number of anilines is 1. The van der Waals surface area contributed by atoms with Crippen LogP contribution in [0, 0.1) is 0 Å². The Kier molecular flexibility index (Phi) is 5.28. The number of piperazine rings is 1. The van der Waals surface area contributed by atoms with Crippen LogP contribution in [0.4, 0.5) is 5.69 Å². The van der Waals surface area contributed by atoms with Crippen molar-refractivity contribution in [2.24, 2.45) is 0 Å². The maximum atomic E-state index is 5.99. The molecule has 1 aromatic rings. The number of rotatable bonds is 2. The molecule has 0 saturated carbocycles. The summed E-state index contributed by atoms with van der Waals surface area (Å²) in [5, 5.41) is 5.07. The second kappa shape index (κ2) is 6.75. The van der Waals surface area contributed by atoms with Gasteiger partial charge in [0.05, 0.1) is 42.8 Å². The van der Waals surface area contributed by atoms with Crippen molar-refractivity contribution in [2.75, 3.05) is 38.0 Å². The van der Waals surface area contributed by atoms with Gasteiger partial charge in [-0.15, -0.1) is 0 Å². The fraction of sp³-hybridized carbons (Fsp3) is 0.462. The molecule has 0 aromatic heterocycles. The number of halogens is 2. The van der Waals surface area contributed by atoms with E-state index in [-0.39, 0.29) is 0 Å². The molecule has 0 amide bonds. The zero-order valence-electron chi connectivity index (χ0n) is 10.9. The molecule has 1 heterocycles. The van der Waals surface area contributed by atoms with Gasteiger partial charge in [-0.3, -0.25) is 0 Å². The van der Waals surface area contributed by atoms with Crippen LogP contribution in [0.3, 0.4) is 0 Å². The van der Waals surface area contributed by atoms with Crippen molar-refractivity contribution < 1.29 is 4.90 Å². The van der Waals surface area contributed by atoms with E-state index in [0.717, 1.165) is 37.0 Å². The number of nitrogens with one attached hydrogen (secondary N) is 2. The zero-order valence-corrected chi connectivity index (χ0v) is 13.2. The lowest BCUT2D eigenvalue weighted by Gasteiger charge is -2.33. The molecule has 2 rings (SSSR count). The SMILES string of the molecule is CC[NH+]1CCN(C(=S)Nc2ccc(Cl)c(Cl)c2)CC1. The lowest BCUT2D eigenvalue weighted by Crippen LogP contribution is -3.14. The molecular weight excluding hydrogens is 301 g/mol. The van der Waals surface area contributed by atoms with Gasteiger partial charge in [-0.05, 0) is 37.3 Å². The average molecular weight is 319 g/mol. The summed E-state index contributed by atoms with van der Waals surface area (Å²) >= 11 is 17.3. The Morgan fingerprint density at radius 2 is 2.00 bits per heavy atom. The van der Waals surface area contributed by atoms with Crippen molar-refractivity contribution in [1.29, 1.82) is 0 Å². The van der Waals surface area contributed by atoms with Gasteiger partial charge in [-0.2, -0.15) is 0 Å². The van der Waals surface area contributed by atoms with Gasteiger partial charge in [0.25, 0.3) is 0 Å². The normalized spacial score (nSPS) is 16.5. The quantitative estimate of drug-likeness (QED) is 0.813. The van der Waals surface area contributed by atoms with Gasteiger partial charge in [0.1, 0.15) is 0 Å². The molecule has 1 aliphatic rings. The molecule has 0 spiro atoms. The summed E-state index contributed by atoms with van der Waals surface area (Å²) in [5.41, 5.74) is 0.879. The first-order valence-corrected chi connectivity index (χ1v) is 7.61. The number of thiocarbonyl (C=S) groups is 1. The van der Waals surface area contributed by atoms with Crippen molar-refractivity contribution in [3.63, 3.8) is 0 Å². The Balaban J connectivity index is 1.92. The summed E-state index contributed by atoms with van der Waals surface area (Å²) in [6.45, 7) is 7.67. The van der Waals surface area contributed by atoms with Gasteiger partial charge in [-0.25, -0.2) is 0 Å². The van der Waals surface area contributed by atoms with Crippen LogP contribution >= 0.6 is 35.4 Å². The second-order valence-corrected chi connectivity index (χ2v) is 5.85. The van der Waals surface area contributed by atoms with Crippen molar-refractivity contribution in [2.45, 2.75) is 6.92 Å². The van der Waals surface area contributed by atoms with Crippen LogP contribution in [0.15, 0.2) is 18.2 Å². The van der Waals surface area contributed by atoms with Gasteiger partial charge in [0.2, 0.25) is 0 Å². The maximum Gasteiger partial charge on any atom is 0.173 e. The number of hydrogen-bond donors (Lipinski definition) is 2. The summed E-state index contributed by atoms with van der Waals surface area (Å²) in [7, 11) is 0. The molecular formula is C13H18Cl2N3S+. The van der Waals surface area contributed by atoms with E-state index in [1.54, 1.807) is 17.0 Å².